The lowest BCUT2D eigenvalue weighted by Gasteiger charge is -2.09. The highest BCUT2D eigenvalue weighted by atomic mass is 35.5. The molecule has 0 aromatic carbocycles. The summed E-state index contributed by atoms with van der Waals surface area (Å²) in [6, 6.07) is -0.482. The maximum Gasteiger partial charge on any atom is 0.248 e. The lowest BCUT2D eigenvalue weighted by molar-refractivity contribution is -0.122. The van der Waals surface area contributed by atoms with Gasteiger partial charge in [-0.2, -0.15) is 0 Å². The van der Waals surface area contributed by atoms with Crippen molar-refractivity contribution < 1.29 is 9.59 Å². The highest BCUT2D eigenvalue weighted by Gasteiger charge is 2.27. The molecule has 16 heavy (non-hydrogen) atoms. The normalized spacial score (nSPS) is 19.3. The van der Waals surface area contributed by atoms with Crippen molar-refractivity contribution in [2.75, 3.05) is 5.32 Å². The molecular weight excluding hydrogens is 232 g/mol. The molecule has 1 aromatic rings. The maximum atomic E-state index is 11.6. The Morgan fingerprint density at radius 2 is 2.31 bits per heavy atom. The second kappa shape index (κ2) is 4.44. The van der Waals surface area contributed by atoms with Crippen molar-refractivity contribution in [3.63, 3.8) is 0 Å². The molecule has 1 aliphatic rings. The van der Waals surface area contributed by atoms with E-state index < -0.39 is 6.04 Å². The molecule has 1 aromatic heterocycles. The number of carbonyl (C=O) groups excluding carboxylic acids is 2. The molecule has 1 saturated heterocycles. The molecule has 2 N–H and O–H groups in total. The van der Waals surface area contributed by atoms with Crippen molar-refractivity contribution in [3.05, 3.63) is 17.5 Å². The van der Waals surface area contributed by atoms with E-state index in [0.29, 0.717) is 18.7 Å². The number of carbonyl (C=O) groups is 2. The summed E-state index contributed by atoms with van der Waals surface area (Å²) in [5.74, 6) is -0.0830. The first-order chi connectivity index (χ1) is 7.65. The van der Waals surface area contributed by atoms with Crippen LogP contribution >= 0.6 is 11.6 Å². The van der Waals surface area contributed by atoms with Crippen LogP contribution in [0.5, 0.6) is 0 Å². The van der Waals surface area contributed by atoms with Crippen LogP contribution in [-0.2, 0) is 9.59 Å². The molecule has 1 aliphatic heterocycles. The van der Waals surface area contributed by atoms with E-state index in [1.807, 2.05) is 0 Å². The number of halogens is 1. The standard InChI is InChI=1S/C9H9ClN4O2/c10-6-3-12-7(4-11-6)14-9(16)5-1-2-8(15)13-5/h3-5H,1-2H2,(H,13,15)(H,12,14,16). The van der Waals surface area contributed by atoms with Gasteiger partial charge in [0.15, 0.2) is 5.82 Å². The number of hydrogen-bond acceptors (Lipinski definition) is 4. The lowest BCUT2D eigenvalue weighted by Crippen LogP contribution is -2.37. The first-order valence-electron chi connectivity index (χ1n) is 4.73. The van der Waals surface area contributed by atoms with Gasteiger partial charge in [0, 0.05) is 6.42 Å². The monoisotopic (exact) mass is 240 g/mol. The van der Waals surface area contributed by atoms with E-state index in [1.165, 1.54) is 12.4 Å². The molecule has 7 heteroatoms. The summed E-state index contributed by atoms with van der Waals surface area (Å²) in [6.07, 6.45) is 3.58. The van der Waals surface area contributed by atoms with E-state index in [9.17, 15) is 9.59 Å². The van der Waals surface area contributed by atoms with Gasteiger partial charge in [-0.05, 0) is 6.42 Å². The van der Waals surface area contributed by atoms with Gasteiger partial charge in [0.05, 0.1) is 12.4 Å². The summed E-state index contributed by atoms with van der Waals surface area (Å²) >= 11 is 5.55. The van der Waals surface area contributed by atoms with Crippen molar-refractivity contribution in [2.45, 2.75) is 18.9 Å². The molecule has 2 rings (SSSR count). The van der Waals surface area contributed by atoms with Crippen LogP contribution in [0.2, 0.25) is 5.15 Å². The van der Waals surface area contributed by atoms with Gasteiger partial charge in [0.25, 0.3) is 0 Å². The molecule has 2 heterocycles. The third-order valence-electron chi connectivity index (χ3n) is 2.18. The van der Waals surface area contributed by atoms with Crippen LogP contribution in [0, 0.1) is 0 Å². The number of hydrogen-bond donors (Lipinski definition) is 2. The minimum Gasteiger partial charge on any atom is -0.344 e. The van der Waals surface area contributed by atoms with Crippen LogP contribution in [0.1, 0.15) is 12.8 Å². The average Bonchev–Trinajstić information content (AvgIpc) is 2.68. The first-order valence-corrected chi connectivity index (χ1v) is 5.11. The van der Waals surface area contributed by atoms with Crippen LogP contribution in [-0.4, -0.2) is 27.8 Å². The SMILES string of the molecule is O=C1CCC(C(=O)Nc2cnc(Cl)cn2)N1. The second-order valence-corrected chi connectivity index (χ2v) is 3.76. The van der Waals surface area contributed by atoms with Gasteiger partial charge in [0.2, 0.25) is 11.8 Å². The van der Waals surface area contributed by atoms with Crippen LogP contribution in [0.25, 0.3) is 0 Å². The molecule has 0 aliphatic carbocycles. The third kappa shape index (κ3) is 2.46. The molecular formula is C9H9ClN4O2. The Morgan fingerprint density at radius 3 is 2.88 bits per heavy atom. The van der Waals surface area contributed by atoms with Crippen LogP contribution in [0.15, 0.2) is 12.4 Å². The zero-order valence-corrected chi connectivity index (χ0v) is 8.99. The van der Waals surface area contributed by atoms with Crippen LogP contribution in [0.4, 0.5) is 5.82 Å². The Hall–Kier alpha value is -1.69. The van der Waals surface area contributed by atoms with Gasteiger partial charge in [-0.15, -0.1) is 0 Å². The fraction of sp³-hybridized carbons (Fsp3) is 0.333. The van der Waals surface area contributed by atoms with Crippen molar-refractivity contribution in [2.24, 2.45) is 0 Å². The predicted octanol–water partition coefficient (Wildman–Crippen LogP) is 0.347. The molecule has 84 valence electrons. The Morgan fingerprint density at radius 1 is 1.50 bits per heavy atom. The van der Waals surface area contributed by atoms with Crippen LogP contribution < -0.4 is 10.6 Å². The number of nitrogens with one attached hydrogen (secondary N) is 2. The van der Waals surface area contributed by atoms with Gasteiger partial charge in [-0.25, -0.2) is 9.97 Å². The molecule has 0 spiro atoms. The highest BCUT2D eigenvalue weighted by molar-refractivity contribution is 6.29. The summed E-state index contributed by atoms with van der Waals surface area (Å²) in [5, 5.41) is 5.36. The molecule has 1 fully saturated rings. The fourth-order valence-corrected chi connectivity index (χ4v) is 1.50. The zero-order valence-electron chi connectivity index (χ0n) is 8.24. The van der Waals surface area contributed by atoms with Gasteiger partial charge >= 0.3 is 0 Å². The van der Waals surface area contributed by atoms with Crippen molar-refractivity contribution in [1.29, 1.82) is 0 Å². The second-order valence-electron chi connectivity index (χ2n) is 3.37. The maximum absolute atomic E-state index is 11.6. The topological polar surface area (TPSA) is 84.0 Å². The molecule has 1 atom stereocenters. The quantitative estimate of drug-likeness (QED) is 0.781. The Bertz CT molecular complexity index is 420. The Balaban J connectivity index is 1.97. The molecule has 2 amide bonds. The summed E-state index contributed by atoms with van der Waals surface area (Å²) in [5.41, 5.74) is 0. The Kier molecular flexibility index (Phi) is 3.00. The van der Waals surface area contributed by atoms with E-state index in [2.05, 4.69) is 20.6 Å². The van der Waals surface area contributed by atoms with E-state index >= 15 is 0 Å². The van der Waals surface area contributed by atoms with Crippen LogP contribution in [0.3, 0.4) is 0 Å². The van der Waals surface area contributed by atoms with Gasteiger partial charge in [-0.3, -0.25) is 9.59 Å². The van der Waals surface area contributed by atoms with Crippen molar-refractivity contribution in [1.82, 2.24) is 15.3 Å². The summed E-state index contributed by atoms with van der Waals surface area (Å²) < 4.78 is 0. The molecule has 0 radical (unpaired) electrons. The molecule has 1 unspecified atom stereocenters. The zero-order chi connectivity index (χ0) is 11.5. The number of rotatable bonds is 2. The lowest BCUT2D eigenvalue weighted by atomic mass is 10.2. The minimum absolute atomic E-state index is 0.109. The molecule has 0 saturated carbocycles. The van der Waals surface area contributed by atoms with Gasteiger partial charge < -0.3 is 10.6 Å². The molecule has 0 bridgehead atoms. The largest absolute Gasteiger partial charge is 0.344 e. The van der Waals surface area contributed by atoms with Gasteiger partial charge in [-0.1, -0.05) is 11.6 Å². The summed E-state index contributed by atoms with van der Waals surface area (Å²) in [4.78, 5) is 30.2. The predicted molar refractivity (Wildman–Crippen MR) is 56.8 cm³/mol. The third-order valence-corrected chi connectivity index (χ3v) is 2.38. The van der Waals surface area contributed by atoms with E-state index in [1.54, 1.807) is 0 Å². The number of nitrogens with zero attached hydrogens (tertiary/aromatic N) is 2. The smallest absolute Gasteiger partial charge is 0.248 e. The fourth-order valence-electron chi connectivity index (χ4n) is 1.40. The van der Waals surface area contributed by atoms with Crippen molar-refractivity contribution in [3.8, 4) is 0 Å². The van der Waals surface area contributed by atoms with E-state index in [-0.39, 0.29) is 17.0 Å². The van der Waals surface area contributed by atoms with Crippen molar-refractivity contribution >= 4 is 29.2 Å². The average molecular weight is 241 g/mol. The number of aromatic nitrogens is 2. The number of amides is 2. The Labute approximate surface area is 96.4 Å². The van der Waals surface area contributed by atoms with E-state index in [4.69, 9.17) is 11.6 Å². The first kappa shape index (κ1) is 10.8. The number of anilines is 1. The molecule has 6 nitrogen and oxygen atoms in total. The highest BCUT2D eigenvalue weighted by Crippen LogP contribution is 2.10. The van der Waals surface area contributed by atoms with E-state index in [0.717, 1.165) is 0 Å². The minimum atomic E-state index is -0.482. The van der Waals surface area contributed by atoms with Gasteiger partial charge in [0.1, 0.15) is 11.2 Å². The summed E-state index contributed by atoms with van der Waals surface area (Å²) in [7, 11) is 0. The summed E-state index contributed by atoms with van der Waals surface area (Å²) in [6.45, 7) is 0.